The maximum atomic E-state index is 14.0. The number of aryl methyl sites for hydroxylation is 1. The summed E-state index contributed by atoms with van der Waals surface area (Å²) < 4.78 is 41.6. The molecule has 0 atom stereocenters. The fourth-order valence-corrected chi connectivity index (χ4v) is 3.46. The van der Waals surface area contributed by atoms with Crippen LogP contribution in [0.1, 0.15) is 45.2 Å². The van der Waals surface area contributed by atoms with E-state index in [1.807, 2.05) is 27.7 Å². The molecule has 1 rings (SSSR count). The highest BCUT2D eigenvalue weighted by Crippen LogP contribution is 2.21. The fraction of sp³-hybridized carbons (Fsp3) is 0.600. The number of benzene rings is 1. The van der Waals surface area contributed by atoms with E-state index in [1.54, 1.807) is 6.92 Å². The van der Waals surface area contributed by atoms with E-state index in [-0.39, 0.29) is 10.7 Å². The van der Waals surface area contributed by atoms with Gasteiger partial charge in [0.25, 0.3) is 0 Å². The molecule has 0 saturated carbocycles. The van der Waals surface area contributed by atoms with E-state index < -0.39 is 15.6 Å². The Morgan fingerprint density at radius 2 is 1.86 bits per heavy atom. The number of halogens is 1. The lowest BCUT2D eigenvalue weighted by molar-refractivity contribution is 0.439. The highest BCUT2D eigenvalue weighted by atomic mass is 32.2. The molecule has 0 spiro atoms. The van der Waals surface area contributed by atoms with Crippen LogP contribution in [0.2, 0.25) is 0 Å². The van der Waals surface area contributed by atoms with E-state index in [0.29, 0.717) is 30.6 Å². The Labute approximate surface area is 127 Å². The Balaban J connectivity index is 3.21. The molecular formula is C15H25FN2O2S. The van der Waals surface area contributed by atoms with Gasteiger partial charge in [0.05, 0.1) is 4.90 Å². The number of nitrogens with one attached hydrogen (secondary N) is 2. The van der Waals surface area contributed by atoms with Crippen molar-refractivity contribution in [2.45, 2.75) is 58.0 Å². The third-order valence-corrected chi connectivity index (χ3v) is 5.15. The average Bonchev–Trinajstić information content (AvgIpc) is 2.39. The second-order valence-corrected chi connectivity index (χ2v) is 7.52. The summed E-state index contributed by atoms with van der Waals surface area (Å²) in [5, 5.41) is 3.02. The van der Waals surface area contributed by atoms with Crippen LogP contribution in [0.25, 0.3) is 0 Å². The summed E-state index contributed by atoms with van der Waals surface area (Å²) in [5.41, 5.74) is 0.162. The van der Waals surface area contributed by atoms with Crippen molar-refractivity contribution in [2.75, 3.05) is 6.54 Å². The van der Waals surface area contributed by atoms with Crippen molar-refractivity contribution in [3.05, 3.63) is 29.1 Å². The molecule has 4 nitrogen and oxygen atoms in total. The summed E-state index contributed by atoms with van der Waals surface area (Å²) in [7, 11) is -3.66. The first-order chi connectivity index (χ1) is 9.63. The normalized spacial score (nSPS) is 12.7. The van der Waals surface area contributed by atoms with E-state index >= 15 is 0 Å². The topological polar surface area (TPSA) is 58.2 Å². The highest BCUT2D eigenvalue weighted by molar-refractivity contribution is 7.89. The number of hydrogen-bond donors (Lipinski definition) is 2. The first kappa shape index (κ1) is 18.1. The van der Waals surface area contributed by atoms with Gasteiger partial charge in [-0.2, -0.15) is 0 Å². The van der Waals surface area contributed by atoms with E-state index in [4.69, 9.17) is 0 Å². The van der Waals surface area contributed by atoms with Gasteiger partial charge in [-0.25, -0.2) is 17.5 Å². The van der Waals surface area contributed by atoms with Crippen LogP contribution in [0.4, 0.5) is 4.39 Å². The summed E-state index contributed by atoms with van der Waals surface area (Å²) >= 11 is 0. The molecule has 0 heterocycles. The molecule has 0 aliphatic heterocycles. The Bertz CT molecular complexity index is 598. The van der Waals surface area contributed by atoms with Gasteiger partial charge < -0.3 is 5.32 Å². The largest absolute Gasteiger partial charge is 0.313 e. The van der Waals surface area contributed by atoms with Gasteiger partial charge in [-0.15, -0.1) is 0 Å². The SMILES string of the molecule is CCNCc1cc(S(=O)(=O)NC(C)(C)CC)cc(C)c1F. The van der Waals surface area contributed by atoms with Crippen molar-refractivity contribution in [1.82, 2.24) is 10.0 Å². The number of hydrogen-bond acceptors (Lipinski definition) is 3. The minimum atomic E-state index is -3.66. The van der Waals surface area contributed by atoms with Gasteiger partial charge in [-0.3, -0.25) is 0 Å². The van der Waals surface area contributed by atoms with Crippen molar-refractivity contribution >= 4 is 10.0 Å². The Morgan fingerprint density at radius 1 is 1.24 bits per heavy atom. The molecule has 0 bridgehead atoms. The summed E-state index contributed by atoms with van der Waals surface area (Å²) in [6, 6.07) is 2.78. The van der Waals surface area contributed by atoms with Crippen molar-refractivity contribution in [2.24, 2.45) is 0 Å². The Kier molecular flexibility index (Phi) is 5.90. The number of rotatable bonds is 7. The monoisotopic (exact) mass is 316 g/mol. The molecule has 0 aliphatic rings. The maximum Gasteiger partial charge on any atom is 0.241 e. The zero-order valence-electron chi connectivity index (χ0n) is 13.4. The average molecular weight is 316 g/mol. The van der Waals surface area contributed by atoms with Crippen LogP contribution in [0.15, 0.2) is 17.0 Å². The van der Waals surface area contributed by atoms with Gasteiger partial charge in [-0.05, 0) is 51.4 Å². The third-order valence-electron chi connectivity index (χ3n) is 3.47. The third kappa shape index (κ3) is 4.76. The standard InChI is InChI=1S/C15H25FN2O2S/c1-6-15(4,5)18-21(19,20)13-8-11(3)14(16)12(9-13)10-17-7-2/h8-9,17-18H,6-7,10H2,1-5H3. The summed E-state index contributed by atoms with van der Waals surface area (Å²) in [6.45, 7) is 10.0. The summed E-state index contributed by atoms with van der Waals surface area (Å²) in [5.74, 6) is -0.357. The lowest BCUT2D eigenvalue weighted by Gasteiger charge is -2.24. The van der Waals surface area contributed by atoms with Crippen LogP contribution in [0.3, 0.4) is 0 Å². The molecule has 1 aromatic carbocycles. The smallest absolute Gasteiger partial charge is 0.241 e. The highest BCUT2D eigenvalue weighted by Gasteiger charge is 2.25. The van der Waals surface area contributed by atoms with E-state index in [2.05, 4.69) is 10.0 Å². The predicted octanol–water partition coefficient (Wildman–Crippen LogP) is 2.71. The first-order valence-electron chi connectivity index (χ1n) is 7.16. The van der Waals surface area contributed by atoms with Gasteiger partial charge in [0, 0.05) is 17.6 Å². The quantitative estimate of drug-likeness (QED) is 0.813. The van der Waals surface area contributed by atoms with E-state index in [9.17, 15) is 12.8 Å². The minimum absolute atomic E-state index is 0.107. The van der Waals surface area contributed by atoms with Crippen LogP contribution in [0.5, 0.6) is 0 Å². The lowest BCUT2D eigenvalue weighted by Crippen LogP contribution is -2.42. The van der Waals surface area contributed by atoms with Crippen molar-refractivity contribution in [3.63, 3.8) is 0 Å². The molecular weight excluding hydrogens is 291 g/mol. The molecule has 6 heteroatoms. The lowest BCUT2D eigenvalue weighted by atomic mass is 10.0. The predicted molar refractivity (Wildman–Crippen MR) is 83.2 cm³/mol. The molecule has 2 N–H and O–H groups in total. The second-order valence-electron chi connectivity index (χ2n) is 5.84. The van der Waals surface area contributed by atoms with Gasteiger partial charge in [0.2, 0.25) is 10.0 Å². The second kappa shape index (κ2) is 6.85. The van der Waals surface area contributed by atoms with Gasteiger partial charge in [-0.1, -0.05) is 13.8 Å². The van der Waals surface area contributed by atoms with E-state index in [0.717, 1.165) is 0 Å². The van der Waals surface area contributed by atoms with Gasteiger partial charge >= 0.3 is 0 Å². The van der Waals surface area contributed by atoms with Crippen molar-refractivity contribution in [1.29, 1.82) is 0 Å². The van der Waals surface area contributed by atoms with Crippen molar-refractivity contribution < 1.29 is 12.8 Å². The van der Waals surface area contributed by atoms with Gasteiger partial charge in [0.15, 0.2) is 0 Å². The zero-order valence-corrected chi connectivity index (χ0v) is 14.2. The molecule has 0 aromatic heterocycles. The first-order valence-corrected chi connectivity index (χ1v) is 8.65. The molecule has 0 radical (unpaired) electrons. The molecule has 0 fully saturated rings. The number of sulfonamides is 1. The Hall–Kier alpha value is -0.980. The summed E-state index contributed by atoms with van der Waals surface area (Å²) in [6.07, 6.45) is 0.663. The molecule has 1 aromatic rings. The van der Waals surface area contributed by atoms with Crippen LogP contribution >= 0.6 is 0 Å². The molecule has 21 heavy (non-hydrogen) atoms. The van der Waals surface area contributed by atoms with Crippen LogP contribution in [-0.4, -0.2) is 20.5 Å². The van der Waals surface area contributed by atoms with Crippen LogP contribution in [0, 0.1) is 12.7 Å². The zero-order chi connectivity index (χ0) is 16.3. The summed E-state index contributed by atoms with van der Waals surface area (Å²) in [4.78, 5) is 0.107. The molecule has 0 aliphatic carbocycles. The maximum absolute atomic E-state index is 14.0. The van der Waals surface area contributed by atoms with Crippen molar-refractivity contribution in [3.8, 4) is 0 Å². The fourth-order valence-electron chi connectivity index (χ4n) is 1.85. The van der Waals surface area contributed by atoms with Gasteiger partial charge in [0.1, 0.15) is 5.82 Å². The van der Waals surface area contributed by atoms with E-state index in [1.165, 1.54) is 12.1 Å². The minimum Gasteiger partial charge on any atom is -0.313 e. The molecule has 0 unspecified atom stereocenters. The Morgan fingerprint density at radius 3 is 2.38 bits per heavy atom. The molecule has 0 saturated heterocycles. The van der Waals surface area contributed by atoms with Crippen LogP contribution < -0.4 is 10.0 Å². The molecule has 0 amide bonds. The molecule has 120 valence electrons. The van der Waals surface area contributed by atoms with Crippen LogP contribution in [-0.2, 0) is 16.6 Å².